The van der Waals surface area contributed by atoms with Crippen molar-refractivity contribution in [3.05, 3.63) is 80.6 Å². The van der Waals surface area contributed by atoms with Gasteiger partial charge in [-0.05, 0) is 35.9 Å². The summed E-state index contributed by atoms with van der Waals surface area (Å²) >= 11 is 3.37. The Balaban J connectivity index is 1.98. The highest BCUT2D eigenvalue weighted by Gasteiger charge is 2.13. The Kier molecular flexibility index (Phi) is 4.62. The van der Waals surface area contributed by atoms with Crippen LogP contribution in [0.25, 0.3) is 17.0 Å². The Morgan fingerprint density at radius 2 is 1.96 bits per heavy atom. The van der Waals surface area contributed by atoms with Gasteiger partial charge in [-0.25, -0.2) is 4.79 Å². The molecule has 0 bridgehead atoms. The number of ether oxygens (including phenoxy) is 1. The van der Waals surface area contributed by atoms with Gasteiger partial charge in [-0.1, -0.05) is 46.3 Å². The molecule has 0 saturated carbocycles. The maximum Gasteiger partial charge on any atom is 0.347 e. The molecular weight excluding hydrogens is 372 g/mol. The average Bonchev–Trinajstić information content (AvgIpc) is 2.58. The van der Waals surface area contributed by atoms with Crippen molar-refractivity contribution in [2.45, 2.75) is 0 Å². The van der Waals surface area contributed by atoms with Gasteiger partial charge in [-0.15, -0.1) is 0 Å². The number of allylic oxidation sites excluding steroid dienone is 1. The summed E-state index contributed by atoms with van der Waals surface area (Å²) in [6.07, 6.45) is 3.02. The van der Waals surface area contributed by atoms with Crippen LogP contribution in [0.15, 0.2) is 68.3 Å². The lowest BCUT2D eigenvalue weighted by molar-refractivity contribution is 0.104. The predicted octanol–water partition coefficient (Wildman–Crippen LogP) is 4.46. The van der Waals surface area contributed by atoms with E-state index in [1.54, 1.807) is 24.3 Å². The maximum absolute atomic E-state index is 12.3. The molecule has 0 atom stereocenters. The van der Waals surface area contributed by atoms with Crippen molar-refractivity contribution >= 4 is 38.8 Å². The van der Waals surface area contributed by atoms with Crippen LogP contribution in [0.1, 0.15) is 15.9 Å². The van der Waals surface area contributed by atoms with Crippen LogP contribution < -0.4 is 10.4 Å². The van der Waals surface area contributed by atoms with Gasteiger partial charge in [-0.2, -0.15) is 0 Å². The molecule has 0 unspecified atom stereocenters. The van der Waals surface area contributed by atoms with Crippen LogP contribution in [0.2, 0.25) is 0 Å². The van der Waals surface area contributed by atoms with Crippen molar-refractivity contribution in [3.8, 4) is 5.75 Å². The second-order valence-electron chi connectivity index (χ2n) is 5.08. The zero-order valence-electron chi connectivity index (χ0n) is 12.8. The minimum absolute atomic E-state index is 0.0120. The summed E-state index contributed by atoms with van der Waals surface area (Å²) < 4.78 is 11.3. The van der Waals surface area contributed by atoms with Crippen molar-refractivity contribution in [2.24, 2.45) is 0 Å². The summed E-state index contributed by atoms with van der Waals surface area (Å²) in [4.78, 5) is 24.5. The quantitative estimate of drug-likeness (QED) is 0.378. The lowest BCUT2D eigenvalue weighted by Crippen LogP contribution is -2.12. The first-order valence-electron chi connectivity index (χ1n) is 7.17. The van der Waals surface area contributed by atoms with Gasteiger partial charge in [0.1, 0.15) is 5.56 Å². The van der Waals surface area contributed by atoms with E-state index in [4.69, 9.17) is 9.15 Å². The smallest absolute Gasteiger partial charge is 0.347 e. The van der Waals surface area contributed by atoms with Crippen LogP contribution in [0, 0.1) is 0 Å². The molecule has 1 heterocycles. The molecule has 0 radical (unpaired) electrons. The summed E-state index contributed by atoms with van der Waals surface area (Å²) in [5.41, 5.74) is 0.486. The molecule has 0 spiro atoms. The van der Waals surface area contributed by atoms with Crippen LogP contribution in [0.4, 0.5) is 0 Å². The monoisotopic (exact) mass is 384 g/mol. The van der Waals surface area contributed by atoms with E-state index in [1.165, 1.54) is 19.3 Å². The Labute approximate surface area is 146 Å². The number of carbonyl (C=O) groups excluding carboxylic acids is 1. The fraction of sp³-hybridized carbons (Fsp3) is 0.0526. The van der Waals surface area contributed by atoms with E-state index >= 15 is 0 Å². The second kappa shape index (κ2) is 6.84. The van der Waals surface area contributed by atoms with Gasteiger partial charge in [0.15, 0.2) is 17.1 Å². The van der Waals surface area contributed by atoms with Gasteiger partial charge in [0.2, 0.25) is 0 Å². The fourth-order valence-corrected chi connectivity index (χ4v) is 2.74. The molecule has 3 aromatic rings. The molecule has 24 heavy (non-hydrogen) atoms. The zero-order valence-corrected chi connectivity index (χ0v) is 14.4. The molecule has 0 saturated heterocycles. The highest BCUT2D eigenvalue weighted by Crippen LogP contribution is 2.24. The topological polar surface area (TPSA) is 56.5 Å². The van der Waals surface area contributed by atoms with Gasteiger partial charge in [0.05, 0.1) is 7.11 Å². The molecular formula is C19H13BrO4. The first-order chi connectivity index (χ1) is 11.6. The van der Waals surface area contributed by atoms with Gasteiger partial charge >= 0.3 is 5.63 Å². The highest BCUT2D eigenvalue weighted by molar-refractivity contribution is 9.10. The lowest BCUT2D eigenvalue weighted by atomic mass is 10.1. The number of rotatable bonds is 4. The SMILES string of the molecule is COc1cccc2cc(C(=O)/C=C/c3cccc(Br)c3)c(=O)oc12. The number of carbonyl (C=O) groups is 1. The molecule has 0 N–H and O–H groups in total. The maximum atomic E-state index is 12.3. The van der Waals surface area contributed by atoms with Gasteiger partial charge in [-0.3, -0.25) is 4.79 Å². The summed E-state index contributed by atoms with van der Waals surface area (Å²) in [6.45, 7) is 0. The Bertz CT molecular complexity index is 1000. The van der Waals surface area contributed by atoms with E-state index in [0.717, 1.165) is 10.0 Å². The van der Waals surface area contributed by atoms with Crippen LogP contribution in [-0.4, -0.2) is 12.9 Å². The third-order valence-corrected chi connectivity index (χ3v) is 3.98. The average molecular weight is 385 g/mol. The van der Waals surface area contributed by atoms with E-state index in [0.29, 0.717) is 16.7 Å². The lowest BCUT2D eigenvalue weighted by Gasteiger charge is -2.04. The van der Waals surface area contributed by atoms with Crippen molar-refractivity contribution < 1.29 is 13.9 Å². The largest absolute Gasteiger partial charge is 0.493 e. The van der Waals surface area contributed by atoms with E-state index in [2.05, 4.69) is 15.9 Å². The molecule has 0 fully saturated rings. The first-order valence-corrected chi connectivity index (χ1v) is 7.96. The fourth-order valence-electron chi connectivity index (χ4n) is 2.32. The summed E-state index contributed by atoms with van der Waals surface area (Å²) in [5, 5.41) is 0.633. The number of ketones is 1. The van der Waals surface area contributed by atoms with Crippen molar-refractivity contribution in [2.75, 3.05) is 7.11 Å². The minimum atomic E-state index is -0.684. The molecule has 0 aliphatic carbocycles. The molecule has 0 aliphatic rings. The molecule has 120 valence electrons. The van der Waals surface area contributed by atoms with Crippen LogP contribution in [0.5, 0.6) is 5.75 Å². The number of para-hydroxylation sites is 1. The Morgan fingerprint density at radius 1 is 1.17 bits per heavy atom. The number of benzene rings is 2. The number of hydrogen-bond acceptors (Lipinski definition) is 4. The van der Waals surface area contributed by atoms with E-state index in [1.807, 2.05) is 24.3 Å². The van der Waals surface area contributed by atoms with E-state index < -0.39 is 11.4 Å². The van der Waals surface area contributed by atoms with E-state index in [9.17, 15) is 9.59 Å². The van der Waals surface area contributed by atoms with Crippen molar-refractivity contribution in [1.29, 1.82) is 0 Å². The summed E-state index contributed by atoms with van der Waals surface area (Å²) in [5.74, 6) is 0.0433. The van der Waals surface area contributed by atoms with Gasteiger partial charge in [0, 0.05) is 9.86 Å². The predicted molar refractivity (Wildman–Crippen MR) is 96.5 cm³/mol. The third kappa shape index (κ3) is 3.31. The molecule has 2 aromatic carbocycles. The second-order valence-corrected chi connectivity index (χ2v) is 5.99. The van der Waals surface area contributed by atoms with Crippen LogP contribution in [-0.2, 0) is 0 Å². The standard InChI is InChI=1S/C19H13BrO4/c1-23-17-7-3-5-13-11-15(19(22)24-18(13)17)16(21)9-8-12-4-2-6-14(20)10-12/h2-11H,1H3/b9-8+. The molecule has 4 nitrogen and oxygen atoms in total. The minimum Gasteiger partial charge on any atom is -0.493 e. The normalized spacial score (nSPS) is 11.1. The molecule has 5 heteroatoms. The molecule has 0 amide bonds. The van der Waals surface area contributed by atoms with Crippen LogP contribution >= 0.6 is 15.9 Å². The van der Waals surface area contributed by atoms with E-state index in [-0.39, 0.29) is 5.56 Å². The number of methoxy groups -OCH3 is 1. The molecule has 0 aliphatic heterocycles. The highest BCUT2D eigenvalue weighted by atomic mass is 79.9. The third-order valence-electron chi connectivity index (χ3n) is 3.49. The van der Waals surface area contributed by atoms with Gasteiger partial charge in [0.25, 0.3) is 0 Å². The summed E-state index contributed by atoms with van der Waals surface area (Å²) in [7, 11) is 1.49. The number of hydrogen-bond donors (Lipinski definition) is 0. The number of halogens is 1. The molecule has 3 rings (SSSR count). The van der Waals surface area contributed by atoms with Crippen molar-refractivity contribution in [1.82, 2.24) is 0 Å². The first kappa shape index (κ1) is 16.2. The Morgan fingerprint density at radius 3 is 2.71 bits per heavy atom. The van der Waals surface area contributed by atoms with Gasteiger partial charge < -0.3 is 9.15 Å². The van der Waals surface area contributed by atoms with Crippen LogP contribution in [0.3, 0.4) is 0 Å². The zero-order chi connectivity index (χ0) is 17.1. The van der Waals surface area contributed by atoms with Crippen molar-refractivity contribution in [3.63, 3.8) is 0 Å². The summed E-state index contributed by atoms with van der Waals surface area (Å²) in [6, 6.07) is 14.2. The molecule has 1 aromatic heterocycles. The Hall–Kier alpha value is -2.66. The number of fused-ring (bicyclic) bond motifs is 1.